The molecule has 1 N–H and O–H groups in total. The second-order valence-electron chi connectivity index (χ2n) is 1.88. The van der Waals surface area contributed by atoms with Gasteiger partial charge in [0.15, 0.2) is 0 Å². The SMILES string of the molecule is C=C(NC)SCCCC. The summed E-state index contributed by atoms with van der Waals surface area (Å²) in [5.41, 5.74) is 0. The average Bonchev–Trinajstić information content (AvgIpc) is 1.89. The van der Waals surface area contributed by atoms with Gasteiger partial charge in [-0.1, -0.05) is 19.9 Å². The summed E-state index contributed by atoms with van der Waals surface area (Å²) < 4.78 is 0. The van der Waals surface area contributed by atoms with Crippen molar-refractivity contribution in [2.45, 2.75) is 19.8 Å². The Labute approximate surface area is 61.9 Å². The number of rotatable bonds is 5. The van der Waals surface area contributed by atoms with Gasteiger partial charge < -0.3 is 5.32 Å². The third kappa shape index (κ3) is 5.77. The molecule has 0 saturated heterocycles. The van der Waals surface area contributed by atoms with E-state index in [0.717, 1.165) is 5.03 Å². The predicted molar refractivity (Wildman–Crippen MR) is 45.6 cm³/mol. The van der Waals surface area contributed by atoms with Crippen LogP contribution in [-0.4, -0.2) is 12.8 Å². The van der Waals surface area contributed by atoms with Gasteiger partial charge >= 0.3 is 0 Å². The molecular weight excluding hydrogens is 130 g/mol. The van der Waals surface area contributed by atoms with E-state index < -0.39 is 0 Å². The van der Waals surface area contributed by atoms with Crippen molar-refractivity contribution >= 4 is 11.8 Å². The van der Waals surface area contributed by atoms with Crippen LogP contribution in [0.15, 0.2) is 11.6 Å². The molecule has 0 aromatic rings. The number of hydrogen-bond donors (Lipinski definition) is 1. The highest BCUT2D eigenvalue weighted by Gasteiger charge is 1.88. The van der Waals surface area contributed by atoms with Crippen LogP contribution in [0.1, 0.15) is 19.8 Å². The molecule has 2 heteroatoms. The number of unbranched alkanes of at least 4 members (excludes halogenated alkanes) is 1. The van der Waals surface area contributed by atoms with Crippen molar-refractivity contribution in [3.63, 3.8) is 0 Å². The van der Waals surface area contributed by atoms with Gasteiger partial charge in [-0.15, -0.1) is 11.8 Å². The zero-order valence-electron chi connectivity index (χ0n) is 6.24. The van der Waals surface area contributed by atoms with E-state index in [1.807, 2.05) is 7.05 Å². The molecule has 1 nitrogen and oxygen atoms in total. The smallest absolute Gasteiger partial charge is 0.0605 e. The summed E-state index contributed by atoms with van der Waals surface area (Å²) in [6, 6.07) is 0. The Hall–Kier alpha value is -0.110. The quantitative estimate of drug-likeness (QED) is 0.595. The molecule has 0 bridgehead atoms. The van der Waals surface area contributed by atoms with Crippen LogP contribution in [0.5, 0.6) is 0 Å². The van der Waals surface area contributed by atoms with Crippen molar-refractivity contribution in [2.24, 2.45) is 0 Å². The zero-order valence-corrected chi connectivity index (χ0v) is 7.05. The zero-order chi connectivity index (χ0) is 7.11. The first kappa shape index (κ1) is 8.89. The molecule has 0 aliphatic heterocycles. The lowest BCUT2D eigenvalue weighted by atomic mass is 10.4. The van der Waals surface area contributed by atoms with E-state index >= 15 is 0 Å². The molecule has 0 rings (SSSR count). The van der Waals surface area contributed by atoms with Crippen molar-refractivity contribution in [3.05, 3.63) is 11.6 Å². The molecule has 0 radical (unpaired) electrons. The lowest BCUT2D eigenvalue weighted by Crippen LogP contribution is -2.00. The standard InChI is InChI=1S/C7H15NS/c1-4-5-6-9-7(2)8-3/h8H,2,4-6H2,1,3H3. The summed E-state index contributed by atoms with van der Waals surface area (Å²) >= 11 is 1.80. The van der Waals surface area contributed by atoms with Gasteiger partial charge in [-0.2, -0.15) is 0 Å². The van der Waals surface area contributed by atoms with Gasteiger partial charge in [-0.25, -0.2) is 0 Å². The van der Waals surface area contributed by atoms with Gasteiger partial charge in [0, 0.05) is 7.05 Å². The van der Waals surface area contributed by atoms with E-state index in [0.29, 0.717) is 0 Å². The van der Waals surface area contributed by atoms with Crippen LogP contribution >= 0.6 is 11.8 Å². The molecule has 9 heavy (non-hydrogen) atoms. The first-order chi connectivity index (χ1) is 4.31. The molecule has 0 fully saturated rings. The highest BCUT2D eigenvalue weighted by atomic mass is 32.2. The van der Waals surface area contributed by atoms with Gasteiger partial charge in [0.25, 0.3) is 0 Å². The second-order valence-corrected chi connectivity index (χ2v) is 3.06. The summed E-state index contributed by atoms with van der Waals surface area (Å²) in [7, 11) is 1.90. The van der Waals surface area contributed by atoms with E-state index in [1.165, 1.54) is 18.6 Å². The Morgan fingerprint density at radius 2 is 2.33 bits per heavy atom. The van der Waals surface area contributed by atoms with Crippen LogP contribution < -0.4 is 5.32 Å². The minimum atomic E-state index is 1.07. The Morgan fingerprint density at radius 3 is 2.78 bits per heavy atom. The molecular formula is C7H15NS. The van der Waals surface area contributed by atoms with Gasteiger partial charge in [0.1, 0.15) is 0 Å². The van der Waals surface area contributed by atoms with Crippen LogP contribution in [0.3, 0.4) is 0 Å². The Balaban J connectivity index is 2.97. The summed E-state index contributed by atoms with van der Waals surface area (Å²) in [6.45, 7) is 5.99. The van der Waals surface area contributed by atoms with Gasteiger partial charge in [0.2, 0.25) is 0 Å². The minimum absolute atomic E-state index is 1.07. The average molecular weight is 145 g/mol. The number of nitrogens with one attached hydrogen (secondary N) is 1. The maximum atomic E-state index is 3.80. The summed E-state index contributed by atoms with van der Waals surface area (Å²) in [4.78, 5) is 0. The first-order valence-electron chi connectivity index (χ1n) is 3.30. The third-order valence-corrected chi connectivity index (χ3v) is 2.10. The molecule has 0 aromatic carbocycles. The monoisotopic (exact) mass is 145 g/mol. The highest BCUT2D eigenvalue weighted by molar-refractivity contribution is 8.02. The van der Waals surface area contributed by atoms with Crippen molar-refractivity contribution in [1.82, 2.24) is 5.32 Å². The fraction of sp³-hybridized carbons (Fsp3) is 0.714. The topological polar surface area (TPSA) is 12.0 Å². The Bertz CT molecular complexity index is 81.0. The van der Waals surface area contributed by atoms with E-state index in [4.69, 9.17) is 0 Å². The first-order valence-corrected chi connectivity index (χ1v) is 4.29. The molecule has 54 valence electrons. The Kier molecular flexibility index (Phi) is 5.94. The maximum Gasteiger partial charge on any atom is 0.0605 e. The van der Waals surface area contributed by atoms with Crippen LogP contribution in [-0.2, 0) is 0 Å². The van der Waals surface area contributed by atoms with E-state index in [2.05, 4.69) is 18.8 Å². The largest absolute Gasteiger partial charge is 0.383 e. The van der Waals surface area contributed by atoms with Crippen LogP contribution in [0.2, 0.25) is 0 Å². The third-order valence-electron chi connectivity index (χ3n) is 1.05. The molecule has 0 amide bonds. The fourth-order valence-corrected chi connectivity index (χ4v) is 1.24. The predicted octanol–water partition coefficient (Wildman–Crippen LogP) is 2.21. The van der Waals surface area contributed by atoms with Crippen molar-refractivity contribution in [2.75, 3.05) is 12.8 Å². The van der Waals surface area contributed by atoms with E-state index in [9.17, 15) is 0 Å². The highest BCUT2D eigenvalue weighted by Crippen LogP contribution is 2.10. The van der Waals surface area contributed by atoms with Crippen molar-refractivity contribution in [1.29, 1.82) is 0 Å². The Morgan fingerprint density at radius 1 is 1.67 bits per heavy atom. The van der Waals surface area contributed by atoms with Crippen LogP contribution in [0.4, 0.5) is 0 Å². The summed E-state index contributed by atoms with van der Waals surface area (Å²) in [5, 5.41) is 4.06. The van der Waals surface area contributed by atoms with Crippen LogP contribution in [0.25, 0.3) is 0 Å². The van der Waals surface area contributed by atoms with Gasteiger partial charge in [0.05, 0.1) is 5.03 Å². The number of hydrogen-bond acceptors (Lipinski definition) is 2. The van der Waals surface area contributed by atoms with Crippen molar-refractivity contribution in [3.8, 4) is 0 Å². The minimum Gasteiger partial charge on any atom is -0.383 e. The molecule has 0 aliphatic rings. The summed E-state index contributed by atoms with van der Waals surface area (Å²) in [6.07, 6.45) is 2.55. The molecule has 0 heterocycles. The number of thioether (sulfide) groups is 1. The molecule has 0 unspecified atom stereocenters. The second kappa shape index (κ2) is 6.02. The maximum absolute atomic E-state index is 3.80. The molecule has 0 saturated carbocycles. The summed E-state index contributed by atoms with van der Waals surface area (Å²) in [5.74, 6) is 1.19. The molecule has 0 spiro atoms. The lowest BCUT2D eigenvalue weighted by Gasteiger charge is -2.01. The fourth-order valence-electron chi connectivity index (χ4n) is 0.412. The van der Waals surface area contributed by atoms with E-state index in [-0.39, 0.29) is 0 Å². The van der Waals surface area contributed by atoms with Crippen LogP contribution in [0, 0.1) is 0 Å². The molecule has 0 atom stereocenters. The van der Waals surface area contributed by atoms with Gasteiger partial charge in [-0.3, -0.25) is 0 Å². The van der Waals surface area contributed by atoms with Gasteiger partial charge in [-0.05, 0) is 12.2 Å². The lowest BCUT2D eigenvalue weighted by molar-refractivity contribution is 0.896. The van der Waals surface area contributed by atoms with E-state index in [1.54, 1.807) is 11.8 Å². The molecule has 0 aromatic heterocycles. The van der Waals surface area contributed by atoms with Crippen molar-refractivity contribution < 1.29 is 0 Å². The molecule has 0 aliphatic carbocycles. The normalized spacial score (nSPS) is 9.11.